The molecule has 0 aromatic carbocycles. The van der Waals surface area contributed by atoms with Crippen molar-refractivity contribution in [2.45, 2.75) is 12.5 Å². The van der Waals surface area contributed by atoms with E-state index in [2.05, 4.69) is 30.8 Å². The zero-order chi connectivity index (χ0) is 10.8. The summed E-state index contributed by atoms with van der Waals surface area (Å²) in [5.74, 6) is 0.842. The van der Waals surface area contributed by atoms with Gasteiger partial charge in [-0.2, -0.15) is 4.98 Å². The number of hydrogen-bond acceptors (Lipinski definition) is 4. The van der Waals surface area contributed by atoms with Crippen LogP contribution in [0, 0.1) is 0 Å². The van der Waals surface area contributed by atoms with Gasteiger partial charge in [0.05, 0.1) is 10.6 Å². The first-order chi connectivity index (χ1) is 7.20. The number of anilines is 1. The first-order valence-corrected chi connectivity index (χ1v) is 5.83. The van der Waals surface area contributed by atoms with Crippen molar-refractivity contribution in [3.8, 4) is 0 Å². The summed E-state index contributed by atoms with van der Waals surface area (Å²) in [6.07, 6.45) is 2.97. The number of rotatable bonds is 2. The Kier molecular flexibility index (Phi) is 3.43. The lowest BCUT2D eigenvalue weighted by Crippen LogP contribution is -2.23. The van der Waals surface area contributed by atoms with Crippen LogP contribution < -0.4 is 4.90 Å². The number of nitrogens with zero attached hydrogens (tertiary/aromatic N) is 3. The van der Waals surface area contributed by atoms with E-state index in [0.717, 1.165) is 29.8 Å². The number of aromatic nitrogens is 2. The van der Waals surface area contributed by atoms with Crippen LogP contribution in [0.15, 0.2) is 10.7 Å². The number of halogens is 2. The second-order valence-corrected chi connectivity index (χ2v) is 4.60. The van der Waals surface area contributed by atoms with Crippen molar-refractivity contribution in [2.24, 2.45) is 0 Å². The smallest absolute Gasteiger partial charge is 0.224 e. The molecule has 6 heteroatoms. The SMILES string of the molecule is COC1CCN(c2nc(Cl)ncc2Br)C1. The van der Waals surface area contributed by atoms with Crippen LogP contribution in [0.5, 0.6) is 0 Å². The highest BCUT2D eigenvalue weighted by Gasteiger charge is 2.24. The Morgan fingerprint density at radius 3 is 3.13 bits per heavy atom. The van der Waals surface area contributed by atoms with Gasteiger partial charge in [0.2, 0.25) is 5.28 Å². The van der Waals surface area contributed by atoms with Crippen molar-refractivity contribution in [2.75, 3.05) is 25.1 Å². The molecule has 1 saturated heterocycles. The standard InChI is InChI=1S/C9H11BrClN3O/c1-15-6-2-3-14(5-6)8-7(10)4-12-9(11)13-8/h4,6H,2-3,5H2,1H3. The minimum absolute atomic E-state index is 0.272. The van der Waals surface area contributed by atoms with E-state index in [1.54, 1.807) is 13.3 Å². The van der Waals surface area contributed by atoms with Crippen molar-refractivity contribution < 1.29 is 4.74 Å². The van der Waals surface area contributed by atoms with Gasteiger partial charge in [-0.15, -0.1) is 0 Å². The van der Waals surface area contributed by atoms with E-state index in [9.17, 15) is 0 Å². The van der Waals surface area contributed by atoms with Crippen LogP contribution >= 0.6 is 27.5 Å². The monoisotopic (exact) mass is 291 g/mol. The van der Waals surface area contributed by atoms with E-state index >= 15 is 0 Å². The largest absolute Gasteiger partial charge is 0.380 e. The maximum absolute atomic E-state index is 5.76. The average Bonchev–Trinajstić information content (AvgIpc) is 2.70. The molecule has 15 heavy (non-hydrogen) atoms. The molecule has 1 aliphatic rings. The van der Waals surface area contributed by atoms with Crippen molar-refractivity contribution in [1.29, 1.82) is 0 Å². The van der Waals surface area contributed by atoms with Gasteiger partial charge < -0.3 is 9.64 Å². The van der Waals surface area contributed by atoms with E-state index in [0.29, 0.717) is 0 Å². The number of methoxy groups -OCH3 is 1. The number of hydrogen-bond donors (Lipinski definition) is 0. The van der Waals surface area contributed by atoms with Crippen LogP contribution in [0.1, 0.15) is 6.42 Å². The highest BCUT2D eigenvalue weighted by atomic mass is 79.9. The van der Waals surface area contributed by atoms with Crippen LogP contribution in [-0.4, -0.2) is 36.3 Å². The molecule has 0 N–H and O–H groups in total. The zero-order valence-electron chi connectivity index (χ0n) is 8.28. The molecule has 1 aromatic heterocycles. The Bertz CT molecular complexity index is 363. The molecule has 4 nitrogen and oxygen atoms in total. The molecule has 0 aliphatic carbocycles. The molecule has 1 fully saturated rings. The summed E-state index contributed by atoms with van der Waals surface area (Å²) in [5.41, 5.74) is 0. The molecular weight excluding hydrogens is 281 g/mol. The van der Waals surface area contributed by atoms with Gasteiger partial charge in [0.25, 0.3) is 0 Å². The van der Waals surface area contributed by atoms with Crippen molar-refractivity contribution in [3.05, 3.63) is 16.0 Å². The fourth-order valence-corrected chi connectivity index (χ4v) is 2.24. The molecule has 2 rings (SSSR count). The predicted octanol–water partition coefficient (Wildman–Crippen LogP) is 2.12. The van der Waals surface area contributed by atoms with Gasteiger partial charge in [-0.25, -0.2) is 4.98 Å². The summed E-state index contributed by atoms with van der Waals surface area (Å²) in [7, 11) is 1.73. The Labute approximate surface area is 102 Å². The van der Waals surface area contributed by atoms with Crippen molar-refractivity contribution in [3.63, 3.8) is 0 Å². The highest BCUT2D eigenvalue weighted by molar-refractivity contribution is 9.10. The Hall–Kier alpha value is -0.390. The topological polar surface area (TPSA) is 38.2 Å². The van der Waals surface area contributed by atoms with Crippen LogP contribution in [0.2, 0.25) is 5.28 Å². The normalized spacial score (nSPS) is 21.0. The molecule has 0 bridgehead atoms. The third kappa shape index (κ3) is 2.41. The second-order valence-electron chi connectivity index (χ2n) is 3.40. The van der Waals surface area contributed by atoms with Crippen LogP contribution in [-0.2, 0) is 4.74 Å². The highest BCUT2D eigenvalue weighted by Crippen LogP contribution is 2.27. The van der Waals surface area contributed by atoms with Gasteiger partial charge in [-0.3, -0.25) is 0 Å². The molecule has 0 spiro atoms. The first-order valence-electron chi connectivity index (χ1n) is 4.66. The Balaban J connectivity index is 2.19. The van der Waals surface area contributed by atoms with Crippen molar-refractivity contribution in [1.82, 2.24) is 9.97 Å². The fraction of sp³-hybridized carbons (Fsp3) is 0.556. The van der Waals surface area contributed by atoms with Gasteiger partial charge in [0, 0.05) is 26.4 Å². The molecule has 2 heterocycles. The molecule has 0 saturated carbocycles. The summed E-state index contributed by atoms with van der Waals surface area (Å²) >= 11 is 9.18. The lowest BCUT2D eigenvalue weighted by atomic mass is 10.3. The molecule has 1 aliphatic heterocycles. The van der Waals surface area contributed by atoms with E-state index < -0.39 is 0 Å². The summed E-state index contributed by atoms with van der Waals surface area (Å²) in [6, 6.07) is 0. The van der Waals surface area contributed by atoms with E-state index in [1.807, 2.05) is 0 Å². The molecule has 82 valence electrons. The van der Waals surface area contributed by atoms with Crippen LogP contribution in [0.3, 0.4) is 0 Å². The minimum Gasteiger partial charge on any atom is -0.380 e. The van der Waals surface area contributed by atoms with E-state index in [1.165, 1.54) is 0 Å². The fourth-order valence-electron chi connectivity index (χ4n) is 1.67. The lowest BCUT2D eigenvalue weighted by Gasteiger charge is -2.18. The van der Waals surface area contributed by atoms with Crippen molar-refractivity contribution >= 4 is 33.3 Å². The molecule has 1 unspecified atom stereocenters. The lowest BCUT2D eigenvalue weighted by molar-refractivity contribution is 0.121. The van der Waals surface area contributed by atoms with E-state index in [4.69, 9.17) is 16.3 Å². The van der Waals surface area contributed by atoms with Crippen LogP contribution in [0.4, 0.5) is 5.82 Å². The quantitative estimate of drug-likeness (QED) is 0.783. The molecule has 1 atom stereocenters. The molecule has 0 radical (unpaired) electrons. The number of ether oxygens (including phenoxy) is 1. The van der Waals surface area contributed by atoms with E-state index in [-0.39, 0.29) is 11.4 Å². The molecule has 0 amide bonds. The maximum Gasteiger partial charge on any atom is 0.224 e. The van der Waals surface area contributed by atoms with Gasteiger partial charge in [0.15, 0.2) is 0 Å². The summed E-state index contributed by atoms with van der Waals surface area (Å²) in [5, 5.41) is 0.272. The molecule has 1 aromatic rings. The summed E-state index contributed by atoms with van der Waals surface area (Å²) in [6.45, 7) is 1.78. The summed E-state index contributed by atoms with van der Waals surface area (Å²) < 4.78 is 6.16. The van der Waals surface area contributed by atoms with Gasteiger partial charge in [0.1, 0.15) is 5.82 Å². The second kappa shape index (κ2) is 4.63. The maximum atomic E-state index is 5.76. The minimum atomic E-state index is 0.272. The third-order valence-electron chi connectivity index (χ3n) is 2.47. The van der Waals surface area contributed by atoms with Gasteiger partial charge in [-0.1, -0.05) is 0 Å². The first kappa shape index (κ1) is 11.1. The van der Waals surface area contributed by atoms with Crippen LogP contribution in [0.25, 0.3) is 0 Å². The Morgan fingerprint density at radius 2 is 2.47 bits per heavy atom. The third-order valence-corrected chi connectivity index (χ3v) is 3.22. The zero-order valence-corrected chi connectivity index (χ0v) is 10.6. The van der Waals surface area contributed by atoms with Gasteiger partial charge >= 0.3 is 0 Å². The summed E-state index contributed by atoms with van der Waals surface area (Å²) in [4.78, 5) is 10.2. The van der Waals surface area contributed by atoms with Gasteiger partial charge in [-0.05, 0) is 34.0 Å². The average molecular weight is 293 g/mol. The predicted molar refractivity (Wildman–Crippen MR) is 62.4 cm³/mol. The molecular formula is C9H11BrClN3O. The Morgan fingerprint density at radius 1 is 1.67 bits per heavy atom.